The van der Waals surface area contributed by atoms with Crippen molar-refractivity contribution in [2.24, 2.45) is 10.9 Å². The fourth-order valence-corrected chi connectivity index (χ4v) is 2.56. The normalized spacial score (nSPS) is 18.4. The van der Waals surface area contributed by atoms with E-state index in [4.69, 9.17) is 0 Å². The van der Waals surface area contributed by atoms with Crippen LogP contribution in [0.3, 0.4) is 0 Å². The van der Waals surface area contributed by atoms with E-state index in [1.807, 2.05) is 12.1 Å². The van der Waals surface area contributed by atoms with Crippen LogP contribution in [0, 0.1) is 12.8 Å². The molecule has 0 radical (unpaired) electrons. The molecule has 1 aromatic carbocycles. The lowest BCUT2D eigenvalue weighted by Gasteiger charge is -2.28. The maximum Gasteiger partial charge on any atom is 0.235 e. The van der Waals surface area contributed by atoms with E-state index < -0.39 is 0 Å². The van der Waals surface area contributed by atoms with E-state index in [0.29, 0.717) is 5.92 Å². The molecule has 3 nitrogen and oxygen atoms in total. The van der Waals surface area contributed by atoms with Gasteiger partial charge in [-0.3, -0.25) is 0 Å². The summed E-state index contributed by atoms with van der Waals surface area (Å²) in [7, 11) is 0. The molecule has 0 amide bonds. The number of hydrogen-bond acceptors (Lipinski definition) is 3. The summed E-state index contributed by atoms with van der Waals surface area (Å²) in [6.45, 7) is 4.10. The lowest BCUT2D eigenvalue weighted by molar-refractivity contribution is 0.322. The van der Waals surface area contributed by atoms with Gasteiger partial charge in [0.25, 0.3) is 0 Å². The molecule has 2 rings (SSSR count). The third-order valence-electron chi connectivity index (χ3n) is 3.53. The molecule has 0 aliphatic carbocycles. The zero-order valence-electron chi connectivity index (χ0n) is 10.1. The number of carbonyl (C=O) groups excluding carboxylic acids is 1. The molecule has 1 aliphatic heterocycles. The van der Waals surface area contributed by atoms with Gasteiger partial charge >= 0.3 is 0 Å². The second kappa shape index (κ2) is 5.76. The first-order valence-corrected chi connectivity index (χ1v) is 6.16. The minimum Gasteiger partial charge on any atom is -0.317 e. The van der Waals surface area contributed by atoms with Gasteiger partial charge in [-0.1, -0.05) is 24.3 Å². The monoisotopic (exact) mass is 230 g/mol. The van der Waals surface area contributed by atoms with Gasteiger partial charge < -0.3 is 5.32 Å². The predicted molar refractivity (Wildman–Crippen MR) is 67.6 cm³/mol. The molecule has 1 aliphatic rings. The molecule has 1 heterocycles. The Bertz CT molecular complexity index is 418. The number of nitrogens with one attached hydrogen (secondary N) is 1. The zero-order valence-corrected chi connectivity index (χ0v) is 10.1. The fourth-order valence-electron chi connectivity index (χ4n) is 2.56. The average Bonchev–Trinajstić information content (AvgIpc) is 2.38. The number of aryl methyl sites for hydroxylation is 1. The Morgan fingerprint density at radius 3 is 2.71 bits per heavy atom. The number of isocyanates is 1. The molecule has 0 bridgehead atoms. The number of piperidine rings is 1. The highest BCUT2D eigenvalue weighted by molar-refractivity contribution is 5.37. The molecule has 1 unspecified atom stereocenters. The van der Waals surface area contributed by atoms with Crippen molar-refractivity contribution in [1.29, 1.82) is 0 Å². The van der Waals surface area contributed by atoms with Crippen LogP contribution in [0.4, 0.5) is 0 Å². The van der Waals surface area contributed by atoms with Crippen molar-refractivity contribution in [3.63, 3.8) is 0 Å². The Morgan fingerprint density at radius 1 is 1.35 bits per heavy atom. The number of benzene rings is 1. The topological polar surface area (TPSA) is 41.5 Å². The van der Waals surface area contributed by atoms with E-state index in [0.717, 1.165) is 25.9 Å². The highest BCUT2D eigenvalue weighted by Crippen LogP contribution is 2.33. The summed E-state index contributed by atoms with van der Waals surface area (Å²) in [5.74, 6) is 0.457. The van der Waals surface area contributed by atoms with Gasteiger partial charge in [-0.2, -0.15) is 4.99 Å². The Morgan fingerprint density at radius 2 is 2.06 bits per heavy atom. The van der Waals surface area contributed by atoms with Gasteiger partial charge in [0.2, 0.25) is 6.08 Å². The lowest BCUT2D eigenvalue weighted by atomic mass is 9.85. The van der Waals surface area contributed by atoms with Crippen molar-refractivity contribution in [2.75, 3.05) is 13.1 Å². The molecule has 3 heteroatoms. The van der Waals surface area contributed by atoms with E-state index in [9.17, 15) is 4.79 Å². The summed E-state index contributed by atoms with van der Waals surface area (Å²) in [6, 6.07) is 8.16. The summed E-state index contributed by atoms with van der Waals surface area (Å²) in [5.41, 5.74) is 2.37. The molecular formula is C14H18N2O. The van der Waals surface area contributed by atoms with Crippen molar-refractivity contribution < 1.29 is 4.79 Å². The Hall–Kier alpha value is -1.44. The molecule has 90 valence electrons. The Labute approximate surface area is 102 Å². The van der Waals surface area contributed by atoms with Gasteiger partial charge in [0.05, 0.1) is 6.04 Å². The highest BCUT2D eigenvalue weighted by atomic mass is 16.1. The van der Waals surface area contributed by atoms with Gasteiger partial charge in [-0.15, -0.1) is 0 Å². The van der Waals surface area contributed by atoms with Crippen LogP contribution in [-0.2, 0) is 4.79 Å². The first-order chi connectivity index (χ1) is 8.33. The lowest BCUT2D eigenvalue weighted by Crippen LogP contribution is -2.30. The fraction of sp³-hybridized carbons (Fsp3) is 0.500. The van der Waals surface area contributed by atoms with Gasteiger partial charge in [-0.05, 0) is 49.9 Å². The quantitative estimate of drug-likeness (QED) is 0.640. The van der Waals surface area contributed by atoms with Gasteiger partial charge in [0, 0.05) is 0 Å². The summed E-state index contributed by atoms with van der Waals surface area (Å²) < 4.78 is 0. The number of aliphatic imine (C=N–C) groups is 1. The molecule has 1 saturated heterocycles. The standard InChI is InChI=1S/C14H18N2O/c1-11-4-2-3-5-13(11)14(16-10-17)12-6-8-15-9-7-12/h2-5,12,14-15H,6-9H2,1H3. The Balaban J connectivity index is 2.28. The number of rotatable bonds is 3. The molecule has 1 atom stereocenters. The minimum atomic E-state index is -0.0178. The summed E-state index contributed by atoms with van der Waals surface area (Å²) >= 11 is 0. The predicted octanol–water partition coefficient (Wildman–Crippen LogP) is 2.37. The van der Waals surface area contributed by atoms with Crippen LogP contribution in [0.15, 0.2) is 29.3 Å². The molecule has 1 fully saturated rings. The van der Waals surface area contributed by atoms with E-state index in [2.05, 4.69) is 29.4 Å². The molecular weight excluding hydrogens is 212 g/mol. The van der Waals surface area contributed by atoms with Gasteiger partial charge in [0.1, 0.15) is 0 Å². The van der Waals surface area contributed by atoms with E-state index in [-0.39, 0.29) is 6.04 Å². The van der Waals surface area contributed by atoms with Crippen LogP contribution in [-0.4, -0.2) is 19.2 Å². The first-order valence-electron chi connectivity index (χ1n) is 6.16. The molecule has 0 aromatic heterocycles. The van der Waals surface area contributed by atoms with Crippen LogP contribution in [0.1, 0.15) is 30.0 Å². The summed E-state index contributed by atoms with van der Waals surface area (Å²) in [6.07, 6.45) is 3.89. The molecule has 17 heavy (non-hydrogen) atoms. The van der Waals surface area contributed by atoms with Crippen LogP contribution in [0.5, 0.6) is 0 Å². The van der Waals surface area contributed by atoms with Crippen molar-refractivity contribution in [3.05, 3.63) is 35.4 Å². The maximum atomic E-state index is 10.6. The van der Waals surface area contributed by atoms with Crippen molar-refractivity contribution in [2.45, 2.75) is 25.8 Å². The van der Waals surface area contributed by atoms with Crippen molar-refractivity contribution in [1.82, 2.24) is 5.32 Å². The molecule has 1 N–H and O–H groups in total. The largest absolute Gasteiger partial charge is 0.317 e. The average molecular weight is 230 g/mol. The van der Waals surface area contributed by atoms with Crippen LogP contribution < -0.4 is 5.32 Å². The van der Waals surface area contributed by atoms with Crippen LogP contribution in [0.2, 0.25) is 0 Å². The highest BCUT2D eigenvalue weighted by Gasteiger charge is 2.25. The minimum absolute atomic E-state index is 0.0178. The smallest absolute Gasteiger partial charge is 0.235 e. The third-order valence-corrected chi connectivity index (χ3v) is 3.53. The second-order valence-corrected chi connectivity index (χ2v) is 4.61. The number of nitrogens with zero attached hydrogens (tertiary/aromatic N) is 1. The second-order valence-electron chi connectivity index (χ2n) is 4.61. The Kier molecular flexibility index (Phi) is 4.08. The van der Waals surface area contributed by atoms with E-state index >= 15 is 0 Å². The van der Waals surface area contributed by atoms with Crippen molar-refractivity contribution >= 4 is 6.08 Å². The number of hydrogen-bond donors (Lipinski definition) is 1. The zero-order chi connectivity index (χ0) is 12.1. The van der Waals surface area contributed by atoms with Crippen LogP contribution in [0.25, 0.3) is 0 Å². The molecule has 1 aromatic rings. The third kappa shape index (κ3) is 2.82. The van der Waals surface area contributed by atoms with Crippen molar-refractivity contribution in [3.8, 4) is 0 Å². The summed E-state index contributed by atoms with van der Waals surface area (Å²) in [4.78, 5) is 14.7. The van der Waals surface area contributed by atoms with Gasteiger partial charge in [-0.25, -0.2) is 4.79 Å². The summed E-state index contributed by atoms with van der Waals surface area (Å²) in [5, 5.41) is 3.34. The molecule has 0 saturated carbocycles. The van der Waals surface area contributed by atoms with Crippen LogP contribution >= 0.6 is 0 Å². The SMILES string of the molecule is Cc1ccccc1C(N=C=O)C1CCNCC1. The first kappa shape index (κ1) is 12.0. The van der Waals surface area contributed by atoms with E-state index in [1.165, 1.54) is 11.1 Å². The maximum absolute atomic E-state index is 10.6. The van der Waals surface area contributed by atoms with Gasteiger partial charge in [0.15, 0.2) is 0 Å². The molecule has 0 spiro atoms. The van der Waals surface area contributed by atoms with E-state index in [1.54, 1.807) is 6.08 Å².